The van der Waals surface area contributed by atoms with Crippen molar-refractivity contribution in [3.8, 4) is 5.75 Å². The molecule has 1 N–H and O–H groups in total. The average molecular weight is 184 g/mol. The van der Waals surface area contributed by atoms with Gasteiger partial charge in [0.15, 0.2) is 17.4 Å². The molecule has 0 aliphatic heterocycles. The SMILES string of the molecule is O=C1CCc2c(F)c(F)cc(O)c21. The molecule has 4 heteroatoms. The van der Waals surface area contributed by atoms with Gasteiger partial charge in [-0.05, 0) is 6.42 Å². The van der Waals surface area contributed by atoms with Gasteiger partial charge >= 0.3 is 0 Å². The number of Topliss-reactive ketones (excluding diaryl/α,β-unsaturated/α-hetero) is 1. The second kappa shape index (κ2) is 2.52. The largest absolute Gasteiger partial charge is 0.507 e. The lowest BCUT2D eigenvalue weighted by Gasteiger charge is -2.02. The van der Waals surface area contributed by atoms with Crippen LogP contribution in [0.1, 0.15) is 22.3 Å². The second-order valence-corrected chi connectivity index (χ2v) is 2.97. The first-order chi connectivity index (χ1) is 6.11. The number of phenols is 1. The molecule has 0 heterocycles. The molecule has 0 amide bonds. The van der Waals surface area contributed by atoms with Crippen LogP contribution < -0.4 is 0 Å². The van der Waals surface area contributed by atoms with Crippen molar-refractivity contribution in [3.63, 3.8) is 0 Å². The Morgan fingerprint density at radius 1 is 1.31 bits per heavy atom. The van der Waals surface area contributed by atoms with Gasteiger partial charge in [0.2, 0.25) is 0 Å². The predicted octanol–water partition coefficient (Wildman–Crippen LogP) is 1.80. The molecule has 0 aromatic heterocycles. The van der Waals surface area contributed by atoms with E-state index < -0.39 is 17.4 Å². The highest BCUT2D eigenvalue weighted by Gasteiger charge is 2.28. The van der Waals surface area contributed by atoms with Gasteiger partial charge in [0, 0.05) is 18.1 Å². The van der Waals surface area contributed by atoms with Gasteiger partial charge in [-0.15, -0.1) is 0 Å². The minimum atomic E-state index is -1.11. The van der Waals surface area contributed by atoms with Gasteiger partial charge in [0.25, 0.3) is 0 Å². The molecule has 0 saturated carbocycles. The zero-order chi connectivity index (χ0) is 9.59. The van der Waals surface area contributed by atoms with E-state index in [4.69, 9.17) is 0 Å². The third kappa shape index (κ3) is 1.02. The minimum Gasteiger partial charge on any atom is -0.507 e. The first-order valence-corrected chi connectivity index (χ1v) is 3.84. The van der Waals surface area contributed by atoms with Gasteiger partial charge < -0.3 is 5.11 Å². The summed E-state index contributed by atoms with van der Waals surface area (Å²) in [6.45, 7) is 0. The Kier molecular flexibility index (Phi) is 1.58. The lowest BCUT2D eigenvalue weighted by Crippen LogP contribution is -1.97. The van der Waals surface area contributed by atoms with Gasteiger partial charge in [0.1, 0.15) is 5.75 Å². The molecule has 0 unspecified atom stereocenters. The van der Waals surface area contributed by atoms with E-state index in [0.29, 0.717) is 6.07 Å². The molecule has 0 bridgehead atoms. The summed E-state index contributed by atoms with van der Waals surface area (Å²) in [7, 11) is 0. The highest BCUT2D eigenvalue weighted by Crippen LogP contribution is 2.33. The molecule has 68 valence electrons. The smallest absolute Gasteiger partial charge is 0.167 e. The molecular formula is C9H6F2O2. The van der Waals surface area contributed by atoms with Crippen molar-refractivity contribution in [2.75, 3.05) is 0 Å². The average Bonchev–Trinajstić information content (AvgIpc) is 2.44. The Bertz CT molecular complexity index is 399. The monoisotopic (exact) mass is 184 g/mol. The van der Waals surface area contributed by atoms with Crippen molar-refractivity contribution in [1.82, 2.24) is 0 Å². The minimum absolute atomic E-state index is 0.00231. The van der Waals surface area contributed by atoms with Crippen LogP contribution in [0.4, 0.5) is 8.78 Å². The van der Waals surface area contributed by atoms with Gasteiger partial charge in [-0.25, -0.2) is 8.78 Å². The van der Waals surface area contributed by atoms with E-state index in [2.05, 4.69) is 0 Å². The lowest BCUT2D eigenvalue weighted by molar-refractivity contribution is 0.0992. The number of phenolic OH excluding ortho intramolecular Hbond substituents is 1. The molecule has 0 spiro atoms. The summed E-state index contributed by atoms with van der Waals surface area (Å²) in [5, 5.41) is 9.18. The van der Waals surface area contributed by atoms with E-state index in [0.717, 1.165) is 0 Å². The van der Waals surface area contributed by atoms with E-state index in [1.165, 1.54) is 0 Å². The Hall–Kier alpha value is -1.45. The zero-order valence-corrected chi connectivity index (χ0v) is 6.60. The molecule has 13 heavy (non-hydrogen) atoms. The molecule has 1 aliphatic rings. The molecule has 2 nitrogen and oxygen atoms in total. The molecule has 1 aromatic carbocycles. The number of carbonyl (C=O) groups is 1. The standard InChI is InChI=1S/C9H6F2O2/c10-5-3-7(13)8-4(9(5)11)1-2-6(8)12/h3,13H,1-2H2. The zero-order valence-electron chi connectivity index (χ0n) is 6.60. The van der Waals surface area contributed by atoms with Gasteiger partial charge in [-0.1, -0.05) is 0 Å². The number of benzene rings is 1. The van der Waals surface area contributed by atoms with E-state index in [-0.39, 0.29) is 29.8 Å². The van der Waals surface area contributed by atoms with Crippen LogP contribution in [0.15, 0.2) is 6.07 Å². The highest BCUT2D eigenvalue weighted by molar-refractivity contribution is 6.02. The Labute approximate surface area is 72.8 Å². The summed E-state index contributed by atoms with van der Waals surface area (Å²) < 4.78 is 25.7. The maximum absolute atomic E-state index is 13.0. The van der Waals surface area contributed by atoms with E-state index in [1.54, 1.807) is 0 Å². The normalized spacial score (nSPS) is 14.8. The summed E-state index contributed by atoms with van der Waals surface area (Å²) in [5.74, 6) is -2.91. The molecule has 0 radical (unpaired) electrons. The maximum atomic E-state index is 13.0. The summed E-state index contributed by atoms with van der Waals surface area (Å²) in [6.07, 6.45) is 0.314. The van der Waals surface area contributed by atoms with Crippen LogP contribution in [0.2, 0.25) is 0 Å². The molecule has 2 rings (SSSR count). The maximum Gasteiger partial charge on any atom is 0.167 e. The van der Waals surface area contributed by atoms with Crippen molar-refractivity contribution in [1.29, 1.82) is 0 Å². The third-order valence-corrected chi connectivity index (χ3v) is 2.18. The van der Waals surface area contributed by atoms with Crippen LogP contribution in [-0.2, 0) is 6.42 Å². The van der Waals surface area contributed by atoms with Crippen molar-refractivity contribution in [2.24, 2.45) is 0 Å². The van der Waals surface area contributed by atoms with Crippen LogP contribution in [0.5, 0.6) is 5.75 Å². The van der Waals surface area contributed by atoms with Crippen LogP contribution in [0.25, 0.3) is 0 Å². The van der Waals surface area contributed by atoms with Gasteiger partial charge in [-0.3, -0.25) is 4.79 Å². The third-order valence-electron chi connectivity index (χ3n) is 2.18. The van der Waals surface area contributed by atoms with Crippen LogP contribution in [0, 0.1) is 11.6 Å². The summed E-state index contributed by atoms with van der Waals surface area (Å²) in [4.78, 5) is 11.1. The number of hydrogen-bond donors (Lipinski definition) is 1. The molecule has 1 aliphatic carbocycles. The summed E-state index contributed by atoms with van der Waals surface area (Å²) in [5.41, 5.74) is -0.0543. The van der Waals surface area contributed by atoms with E-state index >= 15 is 0 Å². The highest BCUT2D eigenvalue weighted by atomic mass is 19.2. The topological polar surface area (TPSA) is 37.3 Å². The van der Waals surface area contributed by atoms with Crippen molar-refractivity contribution >= 4 is 5.78 Å². The van der Waals surface area contributed by atoms with Crippen LogP contribution in [-0.4, -0.2) is 10.9 Å². The van der Waals surface area contributed by atoms with Crippen LogP contribution >= 0.6 is 0 Å². The number of fused-ring (bicyclic) bond motifs is 1. The quantitative estimate of drug-likeness (QED) is 0.667. The fourth-order valence-electron chi connectivity index (χ4n) is 1.57. The van der Waals surface area contributed by atoms with E-state index in [1.807, 2.05) is 0 Å². The summed E-state index contributed by atoms with van der Waals surface area (Å²) in [6, 6.07) is 0.636. The number of hydrogen-bond acceptors (Lipinski definition) is 2. The number of carbonyl (C=O) groups excluding carboxylic acids is 1. The molecule has 0 fully saturated rings. The van der Waals surface area contributed by atoms with Gasteiger partial charge in [0.05, 0.1) is 5.56 Å². The van der Waals surface area contributed by atoms with Crippen molar-refractivity contribution in [2.45, 2.75) is 12.8 Å². The number of ketones is 1. The molecule has 0 atom stereocenters. The first kappa shape index (κ1) is 8.16. The fourth-order valence-corrected chi connectivity index (χ4v) is 1.57. The summed E-state index contributed by atoms with van der Waals surface area (Å²) >= 11 is 0. The number of aromatic hydroxyl groups is 1. The molecule has 0 saturated heterocycles. The van der Waals surface area contributed by atoms with E-state index in [9.17, 15) is 18.7 Å². The number of rotatable bonds is 0. The Morgan fingerprint density at radius 3 is 2.69 bits per heavy atom. The Morgan fingerprint density at radius 2 is 2.00 bits per heavy atom. The first-order valence-electron chi connectivity index (χ1n) is 3.84. The Balaban J connectivity index is 2.76. The van der Waals surface area contributed by atoms with Crippen LogP contribution in [0.3, 0.4) is 0 Å². The fraction of sp³-hybridized carbons (Fsp3) is 0.222. The number of halogens is 2. The van der Waals surface area contributed by atoms with Crippen molar-refractivity contribution in [3.05, 3.63) is 28.8 Å². The molecule has 1 aromatic rings. The van der Waals surface area contributed by atoms with Gasteiger partial charge in [-0.2, -0.15) is 0 Å². The lowest BCUT2D eigenvalue weighted by atomic mass is 10.1. The predicted molar refractivity (Wildman–Crippen MR) is 40.7 cm³/mol. The second-order valence-electron chi connectivity index (χ2n) is 2.97. The van der Waals surface area contributed by atoms with Crippen molar-refractivity contribution < 1.29 is 18.7 Å². The molecular weight excluding hydrogens is 178 g/mol.